The third kappa shape index (κ3) is 11.9. The number of aliphatic carboxylic acids is 1. The Balaban J connectivity index is 1.77. The summed E-state index contributed by atoms with van der Waals surface area (Å²) in [6.07, 6.45) is 2.35. The number of carboxylic acid groups (broad SMARTS) is 1. The summed E-state index contributed by atoms with van der Waals surface area (Å²) in [5.41, 5.74) is 6.18. The second-order valence-corrected chi connectivity index (χ2v) is 14.3. The average Bonchev–Trinajstić information content (AvgIpc) is 3.83. The number of phenolic OH excluding ortho intramolecular Hbond substituents is 1. The van der Waals surface area contributed by atoms with E-state index in [1.54, 1.807) is 19.1 Å². The Morgan fingerprint density at radius 3 is 2.00 bits per heavy atom. The van der Waals surface area contributed by atoms with Crippen LogP contribution in [0.3, 0.4) is 0 Å². The zero-order valence-corrected chi connectivity index (χ0v) is 30.9. The molecule has 0 aliphatic carbocycles. The molecular weight excluding hydrogens is 690 g/mol. The number of aliphatic hydroxyl groups excluding tert-OH is 1. The molecule has 0 radical (unpaired) electrons. The van der Waals surface area contributed by atoms with Crippen molar-refractivity contribution in [1.29, 1.82) is 0 Å². The Kier molecular flexibility index (Phi) is 16.0. The number of benzene rings is 1. The van der Waals surface area contributed by atoms with Gasteiger partial charge < -0.3 is 52.1 Å². The van der Waals surface area contributed by atoms with E-state index in [0.29, 0.717) is 37.7 Å². The van der Waals surface area contributed by atoms with Crippen LogP contribution >= 0.6 is 0 Å². The van der Waals surface area contributed by atoms with Crippen LogP contribution < -0.4 is 27.0 Å². The number of nitrogens with two attached hydrogens (primary N) is 1. The number of nitrogens with one attached hydrogen (secondary N) is 4. The quantitative estimate of drug-likeness (QED) is 0.0902. The van der Waals surface area contributed by atoms with E-state index in [0.717, 1.165) is 0 Å². The molecule has 2 heterocycles. The average molecular weight is 746 g/mol. The van der Waals surface area contributed by atoms with Gasteiger partial charge in [0.2, 0.25) is 35.4 Å². The molecule has 53 heavy (non-hydrogen) atoms. The molecule has 2 saturated heterocycles. The minimum atomic E-state index is -1.24. The van der Waals surface area contributed by atoms with Crippen molar-refractivity contribution >= 4 is 41.4 Å². The van der Waals surface area contributed by atoms with Crippen molar-refractivity contribution in [1.82, 2.24) is 31.1 Å². The lowest BCUT2D eigenvalue weighted by Crippen LogP contribution is -2.58. The van der Waals surface area contributed by atoms with E-state index in [4.69, 9.17) is 5.73 Å². The van der Waals surface area contributed by atoms with Gasteiger partial charge >= 0.3 is 5.97 Å². The number of carbonyl (C=O) groups excluding carboxylic acids is 6. The first-order chi connectivity index (χ1) is 25.1. The zero-order chi connectivity index (χ0) is 39.4. The maximum absolute atomic E-state index is 14.2. The topological polar surface area (TPSA) is 261 Å². The summed E-state index contributed by atoms with van der Waals surface area (Å²) in [5.74, 6) is -5.23. The summed E-state index contributed by atoms with van der Waals surface area (Å²) in [6, 6.07) is -0.410. The Bertz CT molecular complexity index is 1470. The van der Waals surface area contributed by atoms with Crippen molar-refractivity contribution in [2.75, 3.05) is 26.2 Å². The highest BCUT2D eigenvalue weighted by molar-refractivity contribution is 5.96. The minimum Gasteiger partial charge on any atom is -0.508 e. The van der Waals surface area contributed by atoms with Gasteiger partial charge in [0, 0.05) is 19.5 Å². The summed E-state index contributed by atoms with van der Waals surface area (Å²) < 4.78 is 0. The van der Waals surface area contributed by atoms with Gasteiger partial charge in [0.15, 0.2) is 0 Å². The number of amides is 6. The number of aliphatic hydroxyl groups is 1. The summed E-state index contributed by atoms with van der Waals surface area (Å²) in [6.45, 7) is 6.57. The number of nitrogens with zero attached hydrogens (tertiary/aromatic N) is 2. The molecule has 294 valence electrons. The Hall–Kier alpha value is -4.77. The highest BCUT2D eigenvalue weighted by Gasteiger charge is 2.42. The molecule has 0 bridgehead atoms. The molecule has 2 aliphatic rings. The van der Waals surface area contributed by atoms with Crippen LogP contribution in [-0.2, 0) is 40.0 Å². The van der Waals surface area contributed by atoms with Gasteiger partial charge in [-0.15, -0.1) is 0 Å². The summed E-state index contributed by atoms with van der Waals surface area (Å²) in [5, 5.41) is 39.1. The first-order valence-electron chi connectivity index (χ1n) is 18.2. The summed E-state index contributed by atoms with van der Waals surface area (Å²) >= 11 is 0. The molecule has 2 fully saturated rings. The minimum absolute atomic E-state index is 0.00310. The zero-order valence-electron chi connectivity index (χ0n) is 30.9. The van der Waals surface area contributed by atoms with Crippen LogP contribution in [-0.4, -0.2) is 129 Å². The lowest BCUT2D eigenvalue weighted by atomic mass is 9.98. The number of rotatable bonds is 18. The molecule has 1 aromatic carbocycles. The second kappa shape index (κ2) is 19.9. The fourth-order valence-electron chi connectivity index (χ4n) is 6.59. The van der Waals surface area contributed by atoms with Gasteiger partial charge in [0.05, 0.1) is 13.2 Å². The fourth-order valence-corrected chi connectivity index (χ4v) is 6.59. The predicted molar refractivity (Wildman–Crippen MR) is 192 cm³/mol. The molecule has 0 saturated carbocycles. The third-order valence-corrected chi connectivity index (χ3v) is 9.74. The molecule has 6 amide bonds. The van der Waals surface area contributed by atoms with E-state index < -0.39 is 90.8 Å². The molecule has 9 N–H and O–H groups in total. The van der Waals surface area contributed by atoms with E-state index in [2.05, 4.69) is 21.3 Å². The van der Waals surface area contributed by atoms with E-state index in [9.17, 15) is 48.9 Å². The van der Waals surface area contributed by atoms with Crippen LogP contribution in [0.1, 0.15) is 71.8 Å². The molecule has 0 aromatic heterocycles. The molecule has 2 aliphatic heterocycles. The van der Waals surface area contributed by atoms with Crippen LogP contribution in [0.4, 0.5) is 0 Å². The third-order valence-electron chi connectivity index (χ3n) is 9.74. The largest absolute Gasteiger partial charge is 0.508 e. The van der Waals surface area contributed by atoms with Gasteiger partial charge in [0.25, 0.3) is 0 Å². The first kappa shape index (κ1) is 42.6. The monoisotopic (exact) mass is 745 g/mol. The second-order valence-electron chi connectivity index (χ2n) is 14.3. The Labute approximate surface area is 309 Å². The van der Waals surface area contributed by atoms with E-state index in [1.807, 2.05) is 20.8 Å². The highest BCUT2D eigenvalue weighted by atomic mass is 16.4. The molecule has 3 rings (SSSR count). The first-order valence-corrected chi connectivity index (χ1v) is 18.2. The standard InChI is InChI=1S/C36H55N7O10/c1-5-21(4)30(41-31(47)24(37)19-44)33(49)38-18-29(46)39-26(17-22-10-12-23(45)13-11-22)35(51)42-14-6-8-27(42)32(48)40-25(16-20(2)3)34(50)43-15-7-9-28(43)36(52)53/h10-13,20-21,24-28,30,44-45H,5-9,14-19,37H2,1-4H3,(H,38,49)(H,39,46)(H,40,48)(H,41,47)(H,52,53)/t21-,24-,25-,26-,27-,28-,30-/m0/s1. The van der Waals surface area contributed by atoms with Crippen LogP contribution in [0.5, 0.6) is 5.75 Å². The number of carboxylic acids is 1. The van der Waals surface area contributed by atoms with Crippen LogP contribution in [0.25, 0.3) is 0 Å². The van der Waals surface area contributed by atoms with E-state index in [-0.39, 0.29) is 43.5 Å². The lowest BCUT2D eigenvalue weighted by molar-refractivity contribution is -0.150. The number of aromatic hydroxyl groups is 1. The SMILES string of the molecule is CC[C@H](C)[C@H](NC(=O)[C@@H](N)CO)C(=O)NCC(=O)N[C@@H](Cc1ccc(O)cc1)C(=O)N1CCC[C@H]1C(=O)N[C@@H](CC(C)C)C(=O)N1CCC[C@H]1C(=O)O. The molecule has 17 nitrogen and oxygen atoms in total. The van der Waals surface area contributed by atoms with Gasteiger partial charge in [-0.1, -0.05) is 46.2 Å². The van der Waals surface area contributed by atoms with Crippen molar-refractivity contribution in [2.45, 2.75) is 109 Å². The van der Waals surface area contributed by atoms with Gasteiger partial charge in [0.1, 0.15) is 42.0 Å². The van der Waals surface area contributed by atoms with Crippen molar-refractivity contribution < 1.29 is 48.9 Å². The number of hydrogen-bond acceptors (Lipinski definition) is 10. The number of phenols is 1. The van der Waals surface area contributed by atoms with Crippen LogP contribution in [0, 0.1) is 11.8 Å². The van der Waals surface area contributed by atoms with Crippen molar-refractivity contribution in [3.63, 3.8) is 0 Å². The van der Waals surface area contributed by atoms with Crippen LogP contribution in [0.2, 0.25) is 0 Å². The number of likely N-dealkylation sites (tertiary alicyclic amines) is 2. The van der Waals surface area contributed by atoms with Crippen molar-refractivity contribution in [3.05, 3.63) is 29.8 Å². The molecule has 1 aromatic rings. The molecule has 0 unspecified atom stereocenters. The van der Waals surface area contributed by atoms with E-state index in [1.165, 1.54) is 21.9 Å². The van der Waals surface area contributed by atoms with Crippen molar-refractivity contribution in [2.24, 2.45) is 17.6 Å². The Morgan fingerprint density at radius 2 is 1.43 bits per heavy atom. The molecular formula is C36H55N7O10. The number of hydrogen-bond donors (Lipinski definition) is 8. The normalized spacial score (nSPS) is 19.8. The van der Waals surface area contributed by atoms with E-state index >= 15 is 0 Å². The van der Waals surface area contributed by atoms with Gasteiger partial charge in [-0.05, 0) is 61.6 Å². The summed E-state index contributed by atoms with van der Waals surface area (Å²) in [4.78, 5) is 94.6. The van der Waals surface area contributed by atoms with Crippen LogP contribution in [0.15, 0.2) is 24.3 Å². The smallest absolute Gasteiger partial charge is 0.326 e. The highest BCUT2D eigenvalue weighted by Crippen LogP contribution is 2.23. The van der Waals surface area contributed by atoms with Gasteiger partial charge in [-0.25, -0.2) is 4.79 Å². The fraction of sp³-hybridized carbons (Fsp3) is 0.639. The molecule has 7 atom stereocenters. The lowest BCUT2D eigenvalue weighted by Gasteiger charge is -2.32. The van der Waals surface area contributed by atoms with Gasteiger partial charge in [-0.3, -0.25) is 28.8 Å². The predicted octanol–water partition coefficient (Wildman–Crippen LogP) is -1.02. The van der Waals surface area contributed by atoms with Crippen molar-refractivity contribution in [3.8, 4) is 5.75 Å². The van der Waals surface area contributed by atoms with Gasteiger partial charge in [-0.2, -0.15) is 0 Å². The molecule has 0 spiro atoms. The Morgan fingerprint density at radius 1 is 0.849 bits per heavy atom. The number of carbonyl (C=O) groups is 7. The summed E-state index contributed by atoms with van der Waals surface area (Å²) in [7, 11) is 0. The molecule has 17 heteroatoms. The maximum atomic E-state index is 14.2. The maximum Gasteiger partial charge on any atom is 0.326 e.